The third kappa shape index (κ3) is 5.46. The number of carbonyl (C=O) groups excluding carboxylic acids is 1. The molecule has 9 heteroatoms. The molecule has 9 nitrogen and oxygen atoms in total. The molecule has 36 heavy (non-hydrogen) atoms. The highest BCUT2D eigenvalue weighted by molar-refractivity contribution is 5.79. The van der Waals surface area contributed by atoms with Gasteiger partial charge in [0.2, 0.25) is 17.6 Å². The molecule has 1 amide bonds. The van der Waals surface area contributed by atoms with Crippen molar-refractivity contribution >= 4 is 11.6 Å². The van der Waals surface area contributed by atoms with Crippen molar-refractivity contribution in [3.8, 4) is 22.9 Å². The number of benzene rings is 2. The number of carbonyl (C=O) groups is 1. The van der Waals surface area contributed by atoms with Crippen LogP contribution < -0.4 is 14.4 Å². The van der Waals surface area contributed by atoms with E-state index < -0.39 is 0 Å². The topological polar surface area (TPSA) is 84.2 Å². The Morgan fingerprint density at radius 2 is 1.50 bits per heavy atom. The molecule has 0 saturated carbocycles. The smallest absolute Gasteiger partial charge is 0.241 e. The SMILES string of the molecule is COc1ccc(-c2noc(CN3CCC(C(=O)N4CCN(c5ccc(OC)cc5)CC4)CC3)n2)cc1. The van der Waals surface area contributed by atoms with Crippen LogP contribution in [0.25, 0.3) is 11.4 Å². The minimum atomic E-state index is 0.0892. The number of rotatable bonds is 7. The lowest BCUT2D eigenvalue weighted by Crippen LogP contribution is -2.51. The molecule has 2 aliphatic rings. The van der Waals surface area contributed by atoms with Crippen LogP contribution in [0.1, 0.15) is 18.7 Å². The van der Waals surface area contributed by atoms with E-state index in [9.17, 15) is 4.79 Å². The number of hydrogen-bond donors (Lipinski definition) is 0. The summed E-state index contributed by atoms with van der Waals surface area (Å²) < 4.78 is 15.9. The van der Waals surface area contributed by atoms with Crippen molar-refractivity contribution in [2.45, 2.75) is 19.4 Å². The number of anilines is 1. The predicted molar refractivity (Wildman–Crippen MR) is 136 cm³/mol. The van der Waals surface area contributed by atoms with Gasteiger partial charge in [-0.3, -0.25) is 9.69 Å². The number of hydrogen-bond acceptors (Lipinski definition) is 8. The van der Waals surface area contributed by atoms with Gasteiger partial charge < -0.3 is 23.8 Å². The minimum Gasteiger partial charge on any atom is -0.497 e. The van der Waals surface area contributed by atoms with Crippen LogP contribution in [0.15, 0.2) is 53.1 Å². The van der Waals surface area contributed by atoms with Crippen LogP contribution in [-0.4, -0.2) is 79.3 Å². The summed E-state index contributed by atoms with van der Waals surface area (Å²) in [6.07, 6.45) is 1.72. The quantitative estimate of drug-likeness (QED) is 0.498. The van der Waals surface area contributed by atoms with Gasteiger partial charge in [-0.2, -0.15) is 4.98 Å². The molecule has 0 radical (unpaired) electrons. The first kappa shape index (κ1) is 24.1. The van der Waals surface area contributed by atoms with Gasteiger partial charge in [0.25, 0.3) is 0 Å². The Balaban J connectivity index is 1.08. The number of nitrogens with zero attached hydrogens (tertiary/aromatic N) is 5. The molecule has 3 heterocycles. The van der Waals surface area contributed by atoms with Crippen molar-refractivity contribution in [3.05, 3.63) is 54.4 Å². The molecular formula is C27H33N5O4. The second-order valence-electron chi connectivity index (χ2n) is 9.30. The number of piperidine rings is 1. The van der Waals surface area contributed by atoms with Gasteiger partial charge in [0.15, 0.2) is 0 Å². The maximum absolute atomic E-state index is 13.2. The molecule has 5 rings (SSSR count). The molecule has 0 atom stereocenters. The predicted octanol–water partition coefficient (Wildman–Crippen LogP) is 3.31. The second-order valence-corrected chi connectivity index (χ2v) is 9.30. The van der Waals surface area contributed by atoms with Gasteiger partial charge in [-0.05, 0) is 74.5 Å². The lowest BCUT2D eigenvalue weighted by atomic mass is 9.95. The standard InChI is InChI=1S/C27H33N5O4/c1-34-23-7-3-20(4-8-23)26-28-25(36-29-26)19-30-13-11-21(12-14-30)27(33)32-17-15-31(16-18-32)22-5-9-24(35-2)10-6-22/h3-10,21H,11-19H2,1-2H3. The molecule has 1 aromatic heterocycles. The van der Waals surface area contributed by atoms with Gasteiger partial charge in [-0.15, -0.1) is 0 Å². The van der Waals surface area contributed by atoms with Crippen LogP contribution in [0, 0.1) is 5.92 Å². The van der Waals surface area contributed by atoms with Crippen LogP contribution in [0.5, 0.6) is 11.5 Å². The van der Waals surface area contributed by atoms with Crippen molar-refractivity contribution < 1.29 is 18.8 Å². The average Bonchev–Trinajstić information content (AvgIpc) is 3.42. The van der Waals surface area contributed by atoms with E-state index in [4.69, 9.17) is 14.0 Å². The number of piperazine rings is 1. The Labute approximate surface area is 211 Å². The maximum Gasteiger partial charge on any atom is 0.241 e. The molecule has 2 aliphatic heterocycles. The van der Waals surface area contributed by atoms with Crippen molar-refractivity contribution in [2.24, 2.45) is 5.92 Å². The molecule has 2 saturated heterocycles. The van der Waals surface area contributed by atoms with E-state index >= 15 is 0 Å². The Hall–Kier alpha value is -3.59. The molecule has 0 aliphatic carbocycles. The average molecular weight is 492 g/mol. The first-order chi connectivity index (χ1) is 17.6. The van der Waals surface area contributed by atoms with Crippen LogP contribution in [0.4, 0.5) is 5.69 Å². The summed E-state index contributed by atoms with van der Waals surface area (Å²) >= 11 is 0. The summed E-state index contributed by atoms with van der Waals surface area (Å²) in [5.74, 6) is 3.20. The van der Waals surface area contributed by atoms with Crippen LogP contribution >= 0.6 is 0 Å². The first-order valence-electron chi connectivity index (χ1n) is 12.5. The van der Waals surface area contributed by atoms with Gasteiger partial charge in [0.05, 0.1) is 20.8 Å². The minimum absolute atomic E-state index is 0.0892. The van der Waals surface area contributed by atoms with Crippen molar-refractivity contribution in [1.82, 2.24) is 19.9 Å². The molecule has 0 N–H and O–H groups in total. The third-order valence-electron chi connectivity index (χ3n) is 7.14. The summed E-state index contributed by atoms with van der Waals surface area (Å²) in [5, 5.41) is 4.12. The lowest BCUT2D eigenvalue weighted by molar-refractivity contribution is -0.137. The van der Waals surface area contributed by atoms with E-state index in [0.717, 1.165) is 69.2 Å². The third-order valence-corrected chi connectivity index (χ3v) is 7.14. The summed E-state index contributed by atoms with van der Waals surface area (Å²) in [6, 6.07) is 15.7. The molecule has 2 fully saturated rings. The van der Waals surface area contributed by atoms with Crippen molar-refractivity contribution in [1.29, 1.82) is 0 Å². The van der Waals surface area contributed by atoms with Crippen LogP contribution in [0.2, 0.25) is 0 Å². The summed E-state index contributed by atoms with van der Waals surface area (Å²) in [5.41, 5.74) is 2.06. The molecule has 0 unspecified atom stereocenters. The zero-order valence-electron chi connectivity index (χ0n) is 20.9. The summed E-state index contributed by atoms with van der Waals surface area (Å²) in [6.45, 7) is 5.53. The van der Waals surface area contributed by atoms with Crippen molar-refractivity contribution in [2.75, 3.05) is 58.4 Å². The van der Waals surface area contributed by atoms with E-state index in [-0.39, 0.29) is 5.92 Å². The lowest BCUT2D eigenvalue weighted by Gasteiger charge is -2.39. The number of likely N-dealkylation sites (tertiary alicyclic amines) is 1. The van der Waals surface area contributed by atoms with Crippen molar-refractivity contribution in [3.63, 3.8) is 0 Å². The first-order valence-corrected chi connectivity index (χ1v) is 12.5. The zero-order chi connectivity index (χ0) is 24.9. The highest BCUT2D eigenvalue weighted by Gasteiger charge is 2.31. The Kier molecular flexibility index (Phi) is 7.36. The maximum atomic E-state index is 13.2. The van der Waals surface area contributed by atoms with Gasteiger partial charge in [-0.25, -0.2) is 0 Å². The molecule has 190 valence electrons. The highest BCUT2D eigenvalue weighted by Crippen LogP contribution is 2.25. The molecule has 3 aromatic rings. The Morgan fingerprint density at radius 1 is 0.889 bits per heavy atom. The Morgan fingerprint density at radius 3 is 2.11 bits per heavy atom. The largest absolute Gasteiger partial charge is 0.497 e. The highest BCUT2D eigenvalue weighted by atomic mass is 16.5. The zero-order valence-corrected chi connectivity index (χ0v) is 20.9. The monoisotopic (exact) mass is 491 g/mol. The van der Waals surface area contributed by atoms with Crippen LogP contribution in [0.3, 0.4) is 0 Å². The van der Waals surface area contributed by atoms with E-state index in [1.165, 1.54) is 5.69 Å². The van der Waals surface area contributed by atoms with E-state index in [1.807, 2.05) is 41.3 Å². The normalized spacial score (nSPS) is 17.3. The fourth-order valence-corrected chi connectivity index (χ4v) is 4.94. The van der Waals surface area contributed by atoms with E-state index in [0.29, 0.717) is 24.2 Å². The number of ether oxygens (including phenoxy) is 2. The fraction of sp³-hybridized carbons (Fsp3) is 0.444. The van der Waals surface area contributed by atoms with Gasteiger partial charge in [-0.1, -0.05) is 5.16 Å². The molecular weight excluding hydrogens is 458 g/mol. The summed E-state index contributed by atoms with van der Waals surface area (Å²) in [7, 11) is 3.32. The van der Waals surface area contributed by atoms with E-state index in [1.54, 1.807) is 14.2 Å². The van der Waals surface area contributed by atoms with Gasteiger partial charge in [0, 0.05) is 43.3 Å². The number of aromatic nitrogens is 2. The van der Waals surface area contributed by atoms with Crippen LogP contribution in [-0.2, 0) is 11.3 Å². The fourth-order valence-electron chi connectivity index (χ4n) is 4.94. The molecule has 0 bridgehead atoms. The van der Waals surface area contributed by atoms with Gasteiger partial charge in [0.1, 0.15) is 11.5 Å². The Bertz CT molecular complexity index is 1130. The summed E-state index contributed by atoms with van der Waals surface area (Å²) in [4.78, 5) is 24.4. The van der Waals surface area contributed by atoms with Gasteiger partial charge >= 0.3 is 0 Å². The number of amides is 1. The van der Waals surface area contributed by atoms with E-state index in [2.05, 4.69) is 32.1 Å². The second kappa shape index (κ2) is 11.0. The molecule has 0 spiro atoms. The molecule has 2 aromatic carbocycles. The number of methoxy groups -OCH3 is 2.